The molecule has 1 saturated heterocycles. The van der Waals surface area contributed by atoms with E-state index in [1.807, 2.05) is 6.92 Å². The number of pyridine rings is 1. The molecule has 4 nitrogen and oxygen atoms in total. The second kappa shape index (κ2) is 6.01. The molecule has 0 spiro atoms. The van der Waals surface area contributed by atoms with Gasteiger partial charge in [-0.1, -0.05) is 6.92 Å². The summed E-state index contributed by atoms with van der Waals surface area (Å²) in [6.07, 6.45) is -1.84. The van der Waals surface area contributed by atoms with Crippen molar-refractivity contribution in [3.8, 4) is 0 Å². The highest BCUT2D eigenvalue weighted by atomic mass is 19.4. The van der Waals surface area contributed by atoms with Crippen molar-refractivity contribution in [3.05, 3.63) is 29.6 Å². The molecule has 0 radical (unpaired) electrons. The van der Waals surface area contributed by atoms with Gasteiger partial charge >= 0.3 is 6.18 Å². The van der Waals surface area contributed by atoms with Crippen LogP contribution in [-0.4, -0.2) is 40.1 Å². The van der Waals surface area contributed by atoms with Crippen LogP contribution in [0.15, 0.2) is 18.3 Å². The Morgan fingerprint density at radius 3 is 2.71 bits per heavy atom. The number of nitrogens with zero attached hydrogens (tertiary/aromatic N) is 2. The maximum atomic E-state index is 12.5. The summed E-state index contributed by atoms with van der Waals surface area (Å²) in [5, 5.41) is 9.42. The highest BCUT2D eigenvalue weighted by molar-refractivity contribution is 5.94. The lowest BCUT2D eigenvalue weighted by atomic mass is 9.91. The third-order valence-electron chi connectivity index (χ3n) is 3.86. The zero-order valence-corrected chi connectivity index (χ0v) is 11.6. The van der Waals surface area contributed by atoms with Crippen LogP contribution in [0, 0.1) is 5.92 Å². The Morgan fingerprint density at radius 2 is 2.19 bits per heavy atom. The molecule has 1 N–H and O–H groups in total. The number of amides is 1. The first-order chi connectivity index (χ1) is 9.84. The van der Waals surface area contributed by atoms with Crippen LogP contribution in [0.25, 0.3) is 0 Å². The lowest BCUT2D eigenvalue weighted by Crippen LogP contribution is -2.49. The molecule has 1 aliphatic rings. The average molecular weight is 302 g/mol. The lowest BCUT2D eigenvalue weighted by Gasteiger charge is -2.39. The van der Waals surface area contributed by atoms with Crippen LogP contribution in [0.3, 0.4) is 0 Å². The van der Waals surface area contributed by atoms with Gasteiger partial charge in [-0.3, -0.25) is 9.78 Å². The third-order valence-corrected chi connectivity index (χ3v) is 3.86. The summed E-state index contributed by atoms with van der Waals surface area (Å²) in [6.45, 7) is 2.29. The number of likely N-dealkylation sites (tertiary alicyclic amines) is 1. The highest BCUT2D eigenvalue weighted by Crippen LogP contribution is 2.28. The maximum absolute atomic E-state index is 12.5. The van der Waals surface area contributed by atoms with Crippen LogP contribution in [0.5, 0.6) is 0 Å². The molecule has 2 rings (SSSR count). The first kappa shape index (κ1) is 15.8. The Balaban J connectivity index is 2.19. The Kier molecular flexibility index (Phi) is 4.51. The number of carbonyl (C=O) groups is 1. The summed E-state index contributed by atoms with van der Waals surface area (Å²) < 4.78 is 37.4. The van der Waals surface area contributed by atoms with Gasteiger partial charge in [0.1, 0.15) is 5.69 Å². The zero-order chi connectivity index (χ0) is 15.6. The molecule has 0 aliphatic carbocycles. The van der Waals surface area contributed by atoms with Gasteiger partial charge in [0.25, 0.3) is 5.91 Å². The fourth-order valence-corrected chi connectivity index (χ4v) is 2.63. The molecule has 1 fully saturated rings. The van der Waals surface area contributed by atoms with Crippen molar-refractivity contribution in [1.82, 2.24) is 9.88 Å². The third kappa shape index (κ3) is 3.34. The van der Waals surface area contributed by atoms with E-state index in [1.54, 1.807) is 0 Å². The van der Waals surface area contributed by atoms with Crippen LogP contribution in [0.4, 0.5) is 13.2 Å². The van der Waals surface area contributed by atoms with Crippen molar-refractivity contribution < 1.29 is 23.1 Å². The van der Waals surface area contributed by atoms with E-state index in [0.29, 0.717) is 6.54 Å². The molecule has 0 aromatic carbocycles. The summed E-state index contributed by atoms with van der Waals surface area (Å²) in [5.74, 6) is -0.225. The van der Waals surface area contributed by atoms with Crippen molar-refractivity contribution in [1.29, 1.82) is 0 Å². The average Bonchev–Trinajstić information content (AvgIpc) is 2.45. The van der Waals surface area contributed by atoms with Crippen molar-refractivity contribution in [2.75, 3.05) is 13.2 Å². The molecule has 2 unspecified atom stereocenters. The maximum Gasteiger partial charge on any atom is 0.433 e. The van der Waals surface area contributed by atoms with Gasteiger partial charge < -0.3 is 10.0 Å². The van der Waals surface area contributed by atoms with Gasteiger partial charge in [0.2, 0.25) is 0 Å². The number of piperidine rings is 1. The molecule has 2 atom stereocenters. The monoisotopic (exact) mass is 302 g/mol. The molecule has 1 amide bonds. The number of hydrogen-bond acceptors (Lipinski definition) is 3. The largest absolute Gasteiger partial charge is 0.433 e. The number of carbonyl (C=O) groups excluding carboxylic acids is 1. The van der Waals surface area contributed by atoms with Gasteiger partial charge in [0.05, 0.1) is 18.2 Å². The quantitative estimate of drug-likeness (QED) is 0.912. The molecule has 0 bridgehead atoms. The minimum Gasteiger partial charge on any atom is -0.394 e. The van der Waals surface area contributed by atoms with Crippen molar-refractivity contribution in [2.45, 2.75) is 32.0 Å². The molecule has 1 aromatic rings. The predicted octanol–water partition coefficient (Wildman–Crippen LogP) is 2.33. The van der Waals surface area contributed by atoms with Gasteiger partial charge in [-0.25, -0.2) is 0 Å². The van der Waals surface area contributed by atoms with Gasteiger partial charge in [-0.05, 0) is 30.9 Å². The van der Waals surface area contributed by atoms with E-state index < -0.39 is 11.9 Å². The van der Waals surface area contributed by atoms with E-state index >= 15 is 0 Å². The minimum atomic E-state index is -4.52. The molecular formula is C14H17F3N2O2. The molecule has 21 heavy (non-hydrogen) atoms. The first-order valence-corrected chi connectivity index (χ1v) is 6.79. The Bertz CT molecular complexity index is 502. The highest BCUT2D eigenvalue weighted by Gasteiger charge is 2.34. The molecule has 116 valence electrons. The fraction of sp³-hybridized carbons (Fsp3) is 0.571. The Morgan fingerprint density at radius 1 is 1.48 bits per heavy atom. The normalized spacial score (nSPS) is 23.2. The van der Waals surface area contributed by atoms with Crippen LogP contribution < -0.4 is 0 Å². The lowest BCUT2D eigenvalue weighted by molar-refractivity contribution is -0.141. The van der Waals surface area contributed by atoms with Gasteiger partial charge in [0.15, 0.2) is 0 Å². The second-order valence-corrected chi connectivity index (χ2v) is 5.30. The van der Waals surface area contributed by atoms with Crippen molar-refractivity contribution in [3.63, 3.8) is 0 Å². The number of halogens is 3. The van der Waals surface area contributed by atoms with E-state index in [1.165, 1.54) is 4.90 Å². The van der Waals surface area contributed by atoms with Gasteiger partial charge in [-0.2, -0.15) is 13.2 Å². The number of alkyl halides is 3. The van der Waals surface area contributed by atoms with E-state index in [9.17, 15) is 23.1 Å². The summed E-state index contributed by atoms with van der Waals surface area (Å²) in [4.78, 5) is 17.2. The van der Waals surface area contributed by atoms with E-state index in [-0.39, 0.29) is 30.0 Å². The van der Waals surface area contributed by atoms with E-state index in [0.717, 1.165) is 31.2 Å². The first-order valence-electron chi connectivity index (χ1n) is 6.79. The predicted molar refractivity (Wildman–Crippen MR) is 69.5 cm³/mol. The van der Waals surface area contributed by atoms with Crippen LogP contribution in [0.2, 0.25) is 0 Å². The molecule has 0 saturated carbocycles. The summed E-state index contributed by atoms with van der Waals surface area (Å²) in [6, 6.07) is 1.63. The molecule has 2 heterocycles. The number of aliphatic hydroxyl groups is 1. The number of rotatable bonds is 2. The Hall–Kier alpha value is -1.63. The van der Waals surface area contributed by atoms with Crippen molar-refractivity contribution in [2.24, 2.45) is 5.92 Å². The summed E-state index contributed by atoms with van der Waals surface area (Å²) in [7, 11) is 0. The van der Waals surface area contributed by atoms with Crippen LogP contribution in [-0.2, 0) is 6.18 Å². The van der Waals surface area contributed by atoms with Gasteiger partial charge in [0, 0.05) is 12.7 Å². The molecular weight excluding hydrogens is 285 g/mol. The van der Waals surface area contributed by atoms with E-state index in [2.05, 4.69) is 4.98 Å². The summed E-state index contributed by atoms with van der Waals surface area (Å²) in [5.41, 5.74) is -0.916. The topological polar surface area (TPSA) is 53.4 Å². The minimum absolute atomic E-state index is 0.107. The van der Waals surface area contributed by atoms with Gasteiger partial charge in [-0.15, -0.1) is 0 Å². The van der Waals surface area contributed by atoms with E-state index in [4.69, 9.17) is 0 Å². The molecule has 1 aliphatic heterocycles. The SMILES string of the molecule is CC1CCCN(C(=O)c2ccc(C(F)(F)F)nc2)C1CO. The number of aliphatic hydroxyl groups excluding tert-OH is 1. The summed E-state index contributed by atoms with van der Waals surface area (Å²) >= 11 is 0. The zero-order valence-electron chi connectivity index (χ0n) is 11.6. The standard InChI is InChI=1S/C14H17F3N2O2/c1-9-3-2-6-19(11(9)8-20)13(21)10-4-5-12(18-7-10)14(15,16)17/h4-5,7,9,11,20H,2-3,6,8H2,1H3. The van der Waals surface area contributed by atoms with Crippen molar-refractivity contribution >= 4 is 5.91 Å². The second-order valence-electron chi connectivity index (χ2n) is 5.30. The smallest absolute Gasteiger partial charge is 0.394 e. The molecule has 7 heteroatoms. The van der Waals surface area contributed by atoms with Crippen LogP contribution in [0.1, 0.15) is 35.8 Å². The Labute approximate surface area is 120 Å². The number of aromatic nitrogens is 1. The fourth-order valence-electron chi connectivity index (χ4n) is 2.63. The molecule has 1 aromatic heterocycles. The number of hydrogen-bond donors (Lipinski definition) is 1. The van der Waals surface area contributed by atoms with Crippen LogP contribution >= 0.6 is 0 Å².